The number of hydrogen-bond donors (Lipinski definition) is 0. The lowest BCUT2D eigenvalue weighted by molar-refractivity contribution is -0.138. The van der Waals surface area contributed by atoms with Crippen LogP contribution in [0.2, 0.25) is 0 Å². The molecule has 0 unspecified atom stereocenters. The zero-order valence-corrected chi connectivity index (χ0v) is 14.4. The molecular formula is C19H27NO3. The van der Waals surface area contributed by atoms with Gasteiger partial charge in [0.2, 0.25) is 5.91 Å². The second kappa shape index (κ2) is 6.42. The van der Waals surface area contributed by atoms with Gasteiger partial charge < -0.3 is 14.4 Å². The van der Waals surface area contributed by atoms with E-state index in [4.69, 9.17) is 9.47 Å². The Bertz CT molecular complexity index is 586. The maximum absolute atomic E-state index is 13.0. The van der Waals surface area contributed by atoms with E-state index in [1.165, 1.54) is 12.8 Å². The molecule has 1 aliphatic carbocycles. The molecular weight excluding hydrogens is 290 g/mol. The predicted octanol–water partition coefficient (Wildman–Crippen LogP) is 3.63. The van der Waals surface area contributed by atoms with E-state index in [-0.39, 0.29) is 5.41 Å². The van der Waals surface area contributed by atoms with Gasteiger partial charge in [0.1, 0.15) is 11.5 Å². The molecule has 2 fully saturated rings. The van der Waals surface area contributed by atoms with Crippen LogP contribution in [0.15, 0.2) is 18.2 Å². The first-order valence-electron chi connectivity index (χ1n) is 8.58. The summed E-state index contributed by atoms with van der Waals surface area (Å²) in [5.41, 5.74) is 0.958. The topological polar surface area (TPSA) is 38.8 Å². The van der Waals surface area contributed by atoms with Gasteiger partial charge in [0.15, 0.2) is 0 Å². The monoisotopic (exact) mass is 317 g/mol. The van der Waals surface area contributed by atoms with Gasteiger partial charge in [-0.15, -0.1) is 0 Å². The zero-order chi connectivity index (χ0) is 16.4. The number of nitrogens with zero attached hydrogens (tertiary/aromatic N) is 1. The Morgan fingerprint density at radius 3 is 2.78 bits per heavy atom. The number of hydrogen-bond acceptors (Lipinski definition) is 3. The van der Waals surface area contributed by atoms with Crippen LogP contribution in [0.3, 0.4) is 0 Å². The average molecular weight is 317 g/mol. The Hall–Kier alpha value is -1.71. The van der Waals surface area contributed by atoms with Crippen LogP contribution in [-0.4, -0.2) is 31.6 Å². The lowest BCUT2D eigenvalue weighted by Gasteiger charge is -2.35. The van der Waals surface area contributed by atoms with Crippen LogP contribution in [0.5, 0.6) is 11.5 Å². The molecule has 3 rings (SSSR count). The van der Waals surface area contributed by atoms with E-state index >= 15 is 0 Å². The van der Waals surface area contributed by atoms with Crippen molar-refractivity contribution in [3.05, 3.63) is 23.8 Å². The molecule has 23 heavy (non-hydrogen) atoms. The van der Waals surface area contributed by atoms with Crippen LogP contribution in [0, 0.1) is 11.3 Å². The maximum Gasteiger partial charge on any atom is 0.229 e. The first kappa shape index (κ1) is 16.2. The Labute approximate surface area is 138 Å². The van der Waals surface area contributed by atoms with Gasteiger partial charge in [0, 0.05) is 24.7 Å². The molecule has 1 amide bonds. The number of ether oxygens (including phenoxy) is 2. The fourth-order valence-corrected chi connectivity index (χ4v) is 4.31. The Morgan fingerprint density at radius 2 is 2.09 bits per heavy atom. The van der Waals surface area contributed by atoms with Crippen molar-refractivity contribution in [2.45, 2.75) is 45.6 Å². The number of carbonyl (C=O) groups is 1. The molecule has 1 saturated heterocycles. The number of rotatable bonds is 4. The van der Waals surface area contributed by atoms with Crippen LogP contribution >= 0.6 is 0 Å². The normalized spacial score (nSPS) is 27.5. The van der Waals surface area contributed by atoms with E-state index in [1.54, 1.807) is 14.2 Å². The molecule has 0 aromatic heterocycles. The summed E-state index contributed by atoms with van der Waals surface area (Å²) in [6.45, 7) is 3.77. The molecule has 4 nitrogen and oxygen atoms in total. The molecule has 0 N–H and O–H groups in total. The number of methoxy groups -OCH3 is 2. The number of likely N-dealkylation sites (tertiary alicyclic amines) is 1. The van der Waals surface area contributed by atoms with Gasteiger partial charge in [-0.25, -0.2) is 0 Å². The minimum Gasteiger partial charge on any atom is -0.497 e. The second-order valence-corrected chi connectivity index (χ2v) is 7.14. The van der Waals surface area contributed by atoms with E-state index in [2.05, 4.69) is 6.92 Å². The maximum atomic E-state index is 13.0. The van der Waals surface area contributed by atoms with Gasteiger partial charge in [-0.3, -0.25) is 4.79 Å². The largest absolute Gasteiger partial charge is 0.497 e. The molecule has 2 atom stereocenters. The minimum atomic E-state index is -0.0859. The average Bonchev–Trinajstić information content (AvgIpc) is 2.84. The third kappa shape index (κ3) is 3.04. The van der Waals surface area contributed by atoms with Crippen molar-refractivity contribution in [3.8, 4) is 11.5 Å². The summed E-state index contributed by atoms with van der Waals surface area (Å²) < 4.78 is 10.7. The standard InChI is InChI=1S/C19H27NO3/c1-14-5-4-8-19(12-14)9-10-20(18(19)21)13-15-6-7-16(22-2)11-17(15)23-3/h6-7,11,14H,4-5,8-10,12-13H2,1-3H3/t14-,19-/m0/s1. The van der Waals surface area contributed by atoms with Crippen molar-refractivity contribution >= 4 is 5.91 Å². The van der Waals surface area contributed by atoms with Crippen molar-refractivity contribution in [3.63, 3.8) is 0 Å². The quantitative estimate of drug-likeness (QED) is 0.851. The third-order valence-corrected chi connectivity index (χ3v) is 5.55. The molecule has 0 radical (unpaired) electrons. The van der Waals surface area contributed by atoms with Crippen LogP contribution in [0.4, 0.5) is 0 Å². The van der Waals surface area contributed by atoms with Crippen molar-refractivity contribution in [2.75, 3.05) is 20.8 Å². The highest BCUT2D eigenvalue weighted by Crippen LogP contribution is 2.47. The summed E-state index contributed by atoms with van der Waals surface area (Å²) in [6.07, 6.45) is 5.58. The van der Waals surface area contributed by atoms with Gasteiger partial charge in [0.05, 0.1) is 19.6 Å². The molecule has 1 aromatic carbocycles. The van der Waals surface area contributed by atoms with E-state index in [9.17, 15) is 4.79 Å². The van der Waals surface area contributed by atoms with Crippen LogP contribution < -0.4 is 9.47 Å². The van der Waals surface area contributed by atoms with Gasteiger partial charge in [0.25, 0.3) is 0 Å². The summed E-state index contributed by atoms with van der Waals surface area (Å²) in [4.78, 5) is 15.0. The minimum absolute atomic E-state index is 0.0859. The fraction of sp³-hybridized carbons (Fsp3) is 0.632. The van der Waals surface area contributed by atoms with Crippen LogP contribution in [0.1, 0.15) is 44.6 Å². The SMILES string of the molecule is COc1ccc(CN2CC[C@]3(CCC[C@H](C)C3)C2=O)c(OC)c1. The smallest absolute Gasteiger partial charge is 0.229 e. The fourth-order valence-electron chi connectivity index (χ4n) is 4.31. The lowest BCUT2D eigenvalue weighted by atomic mass is 9.69. The van der Waals surface area contributed by atoms with Crippen molar-refractivity contribution in [1.29, 1.82) is 0 Å². The molecule has 1 aromatic rings. The van der Waals surface area contributed by atoms with E-state index in [0.29, 0.717) is 18.4 Å². The van der Waals surface area contributed by atoms with Crippen LogP contribution in [-0.2, 0) is 11.3 Å². The first-order valence-corrected chi connectivity index (χ1v) is 8.58. The lowest BCUT2D eigenvalue weighted by Crippen LogP contribution is -2.37. The van der Waals surface area contributed by atoms with Crippen molar-refractivity contribution < 1.29 is 14.3 Å². The Kier molecular flexibility index (Phi) is 4.51. The van der Waals surface area contributed by atoms with E-state index in [1.807, 2.05) is 23.1 Å². The molecule has 1 spiro atoms. The summed E-state index contributed by atoms with van der Waals surface area (Å²) in [7, 11) is 3.31. The van der Waals surface area contributed by atoms with E-state index < -0.39 is 0 Å². The first-order chi connectivity index (χ1) is 11.1. The molecule has 1 saturated carbocycles. The molecule has 1 heterocycles. The number of amides is 1. The van der Waals surface area contributed by atoms with Crippen molar-refractivity contribution in [1.82, 2.24) is 4.90 Å². The summed E-state index contributed by atoms with van der Waals surface area (Å²) in [6, 6.07) is 5.81. The predicted molar refractivity (Wildman–Crippen MR) is 89.6 cm³/mol. The Morgan fingerprint density at radius 1 is 1.26 bits per heavy atom. The highest BCUT2D eigenvalue weighted by Gasteiger charge is 2.48. The Balaban J connectivity index is 1.75. The molecule has 126 valence electrons. The van der Waals surface area contributed by atoms with Gasteiger partial charge in [-0.1, -0.05) is 19.8 Å². The molecule has 2 aliphatic rings. The van der Waals surface area contributed by atoms with Gasteiger partial charge in [-0.2, -0.15) is 0 Å². The van der Waals surface area contributed by atoms with E-state index in [0.717, 1.165) is 42.9 Å². The molecule has 1 aliphatic heterocycles. The third-order valence-electron chi connectivity index (χ3n) is 5.55. The summed E-state index contributed by atoms with van der Waals surface area (Å²) >= 11 is 0. The van der Waals surface area contributed by atoms with Gasteiger partial charge >= 0.3 is 0 Å². The summed E-state index contributed by atoms with van der Waals surface area (Å²) in [5, 5.41) is 0. The number of carbonyl (C=O) groups excluding carboxylic acids is 1. The zero-order valence-electron chi connectivity index (χ0n) is 14.4. The number of benzene rings is 1. The highest BCUT2D eigenvalue weighted by atomic mass is 16.5. The van der Waals surface area contributed by atoms with Crippen LogP contribution in [0.25, 0.3) is 0 Å². The molecule has 4 heteroatoms. The molecule has 0 bridgehead atoms. The summed E-state index contributed by atoms with van der Waals surface area (Å²) in [5.74, 6) is 2.58. The second-order valence-electron chi connectivity index (χ2n) is 7.14. The highest BCUT2D eigenvalue weighted by molar-refractivity contribution is 5.85. The van der Waals surface area contributed by atoms with Crippen molar-refractivity contribution in [2.24, 2.45) is 11.3 Å². The van der Waals surface area contributed by atoms with Gasteiger partial charge in [-0.05, 0) is 37.3 Å².